The van der Waals surface area contributed by atoms with Crippen molar-refractivity contribution in [3.05, 3.63) is 0 Å². The molecule has 0 amide bonds. The summed E-state index contributed by atoms with van der Waals surface area (Å²) in [6, 6.07) is 0. The van der Waals surface area contributed by atoms with Crippen LogP contribution in [0.5, 0.6) is 0 Å². The van der Waals surface area contributed by atoms with Gasteiger partial charge < -0.3 is 13.3 Å². The Bertz CT molecular complexity index is 233. The number of hydrogen-bond acceptors (Lipinski definition) is 4. The van der Waals surface area contributed by atoms with Crippen LogP contribution in [0.3, 0.4) is 0 Å². The van der Waals surface area contributed by atoms with E-state index in [0.717, 1.165) is 12.8 Å². The van der Waals surface area contributed by atoms with E-state index in [1.807, 2.05) is 6.92 Å². The summed E-state index contributed by atoms with van der Waals surface area (Å²) < 4.78 is 16.3. The van der Waals surface area contributed by atoms with E-state index in [2.05, 4.69) is 6.92 Å². The Morgan fingerprint density at radius 2 is 1.47 bits per heavy atom. The van der Waals surface area contributed by atoms with Crippen LogP contribution in [-0.4, -0.2) is 35.9 Å². The molecule has 0 aromatic carbocycles. The highest BCUT2D eigenvalue weighted by atomic mass is 28.4. The van der Waals surface area contributed by atoms with Crippen LogP contribution in [0.25, 0.3) is 0 Å². The zero-order valence-corrected chi connectivity index (χ0v) is 14.2. The van der Waals surface area contributed by atoms with Crippen LogP contribution >= 0.6 is 0 Å². The third-order valence-electron chi connectivity index (χ3n) is 3.60. The Morgan fingerprint density at radius 1 is 0.947 bits per heavy atom. The monoisotopic (exact) mass is 290 g/mol. The lowest BCUT2D eigenvalue weighted by Gasteiger charge is -2.30. The first kappa shape index (κ1) is 18.8. The summed E-state index contributed by atoms with van der Waals surface area (Å²) in [5.74, 6) is 0.219. The summed E-state index contributed by atoms with van der Waals surface area (Å²) in [5.41, 5.74) is -0.237. The normalized spacial score (nSPS) is 13.5. The zero-order chi connectivity index (χ0) is 14.7. The summed E-state index contributed by atoms with van der Waals surface area (Å²) >= 11 is 0. The van der Waals surface area contributed by atoms with Crippen molar-refractivity contribution >= 4 is 14.6 Å². The fourth-order valence-electron chi connectivity index (χ4n) is 2.43. The predicted octanol–water partition coefficient (Wildman–Crippen LogP) is 3.57. The molecule has 19 heavy (non-hydrogen) atoms. The van der Waals surface area contributed by atoms with Crippen molar-refractivity contribution in [3.8, 4) is 0 Å². The molecule has 0 N–H and O–H groups in total. The van der Waals surface area contributed by atoms with Crippen LogP contribution in [-0.2, 0) is 18.1 Å². The number of Topliss-reactive ketones (excluding diaryl/α,β-unsaturated/α-hetero) is 1. The predicted molar refractivity (Wildman–Crippen MR) is 79.2 cm³/mol. The maximum Gasteiger partial charge on any atom is 0.511 e. The van der Waals surface area contributed by atoms with Crippen molar-refractivity contribution in [1.82, 2.24) is 0 Å². The smallest absolute Gasteiger partial charge is 0.376 e. The second kappa shape index (κ2) is 10.5. The molecule has 0 aliphatic heterocycles. The molecule has 4 nitrogen and oxygen atoms in total. The Balaban J connectivity index is 4.38. The van der Waals surface area contributed by atoms with Crippen LogP contribution in [0, 0.1) is 0 Å². The first-order chi connectivity index (χ1) is 9.11. The molecule has 0 heterocycles. The summed E-state index contributed by atoms with van der Waals surface area (Å²) in [5, 5.41) is 0. The molecule has 0 fully saturated rings. The molecule has 0 aliphatic carbocycles. The second-order valence-electron chi connectivity index (χ2n) is 4.81. The molecular formula is C14H30O4Si. The third-order valence-corrected chi connectivity index (χ3v) is 6.89. The van der Waals surface area contributed by atoms with Crippen molar-refractivity contribution in [3.63, 3.8) is 0 Å². The highest BCUT2D eigenvalue weighted by Crippen LogP contribution is 2.30. The molecule has 0 saturated carbocycles. The van der Waals surface area contributed by atoms with Gasteiger partial charge in [0, 0.05) is 27.8 Å². The van der Waals surface area contributed by atoms with Crippen molar-refractivity contribution in [2.45, 2.75) is 64.3 Å². The molecule has 0 saturated heterocycles. The lowest BCUT2D eigenvalue weighted by atomic mass is 10.1. The molecule has 1 unspecified atom stereocenters. The van der Waals surface area contributed by atoms with Crippen molar-refractivity contribution in [2.24, 2.45) is 0 Å². The maximum absolute atomic E-state index is 12.3. The minimum Gasteiger partial charge on any atom is -0.376 e. The topological polar surface area (TPSA) is 44.8 Å². The van der Waals surface area contributed by atoms with Gasteiger partial charge in [0.15, 0.2) is 0 Å². The number of hydrogen-bond donors (Lipinski definition) is 0. The Hall–Kier alpha value is -0.233. The van der Waals surface area contributed by atoms with Gasteiger partial charge in [-0.25, -0.2) is 0 Å². The van der Waals surface area contributed by atoms with E-state index in [-0.39, 0.29) is 11.3 Å². The van der Waals surface area contributed by atoms with Crippen molar-refractivity contribution < 1.29 is 18.1 Å². The van der Waals surface area contributed by atoms with Crippen LogP contribution < -0.4 is 0 Å². The van der Waals surface area contributed by atoms with Gasteiger partial charge in [0.2, 0.25) is 0 Å². The SMILES string of the molecule is CCCCCCCC(=O)C(CC)[Si](OC)(OC)OC. The van der Waals surface area contributed by atoms with Crippen molar-refractivity contribution in [2.75, 3.05) is 21.3 Å². The lowest BCUT2D eigenvalue weighted by Crippen LogP contribution is -2.50. The lowest BCUT2D eigenvalue weighted by molar-refractivity contribution is -0.120. The van der Waals surface area contributed by atoms with Crippen LogP contribution in [0.4, 0.5) is 0 Å². The fourth-order valence-corrected chi connectivity index (χ4v) is 4.82. The van der Waals surface area contributed by atoms with Gasteiger partial charge in [0.25, 0.3) is 0 Å². The van der Waals surface area contributed by atoms with E-state index in [0.29, 0.717) is 12.8 Å². The maximum atomic E-state index is 12.3. The number of carbonyl (C=O) groups is 1. The summed E-state index contributed by atoms with van der Waals surface area (Å²) in [4.78, 5) is 12.3. The first-order valence-corrected chi connectivity index (χ1v) is 9.10. The number of rotatable bonds is 12. The van der Waals surface area contributed by atoms with Gasteiger partial charge in [-0.05, 0) is 12.8 Å². The summed E-state index contributed by atoms with van der Waals surface area (Å²) in [7, 11) is 1.86. The molecule has 0 aromatic rings. The van der Waals surface area contributed by atoms with Crippen LogP contribution in [0.2, 0.25) is 5.54 Å². The van der Waals surface area contributed by atoms with Gasteiger partial charge in [0.1, 0.15) is 5.78 Å². The number of unbranched alkanes of at least 4 members (excludes halogenated alkanes) is 4. The Morgan fingerprint density at radius 3 is 1.89 bits per heavy atom. The number of ketones is 1. The van der Waals surface area contributed by atoms with Gasteiger partial charge in [-0.1, -0.05) is 39.5 Å². The van der Waals surface area contributed by atoms with E-state index in [1.54, 1.807) is 21.3 Å². The molecule has 114 valence electrons. The van der Waals surface area contributed by atoms with Gasteiger partial charge in [0.05, 0.1) is 5.54 Å². The molecule has 1 atom stereocenters. The molecule has 0 rings (SSSR count). The molecular weight excluding hydrogens is 260 g/mol. The van der Waals surface area contributed by atoms with E-state index < -0.39 is 8.80 Å². The average molecular weight is 290 g/mol. The number of carbonyl (C=O) groups excluding carboxylic acids is 1. The van der Waals surface area contributed by atoms with Crippen LogP contribution in [0.1, 0.15) is 58.8 Å². The van der Waals surface area contributed by atoms with Gasteiger partial charge in [-0.15, -0.1) is 0 Å². The minimum absolute atomic E-state index is 0.219. The Kier molecular flexibility index (Phi) is 10.4. The molecule has 0 radical (unpaired) electrons. The van der Waals surface area contributed by atoms with Gasteiger partial charge >= 0.3 is 8.80 Å². The average Bonchev–Trinajstić information content (AvgIpc) is 2.44. The molecule has 0 aliphatic rings. The Labute approximate surface area is 119 Å². The standard InChI is InChI=1S/C14H30O4Si/c1-6-8-9-10-11-12-13(15)14(7-2)19(16-3,17-4)18-5/h14H,6-12H2,1-5H3. The second-order valence-corrected chi connectivity index (χ2v) is 7.94. The van der Waals surface area contributed by atoms with Crippen LogP contribution in [0.15, 0.2) is 0 Å². The molecule has 0 spiro atoms. The van der Waals surface area contributed by atoms with E-state index >= 15 is 0 Å². The first-order valence-electron chi connectivity index (χ1n) is 7.29. The molecule has 5 heteroatoms. The highest BCUT2D eigenvalue weighted by Gasteiger charge is 2.49. The largest absolute Gasteiger partial charge is 0.511 e. The molecule has 0 bridgehead atoms. The highest BCUT2D eigenvalue weighted by molar-refractivity contribution is 6.66. The van der Waals surface area contributed by atoms with Crippen molar-refractivity contribution in [1.29, 1.82) is 0 Å². The zero-order valence-electron chi connectivity index (χ0n) is 13.2. The molecule has 0 aromatic heterocycles. The van der Waals surface area contributed by atoms with E-state index in [9.17, 15) is 4.79 Å². The summed E-state index contributed by atoms with van der Waals surface area (Å²) in [6.45, 7) is 4.17. The fraction of sp³-hybridized carbons (Fsp3) is 0.929. The minimum atomic E-state index is -2.83. The van der Waals surface area contributed by atoms with E-state index in [1.165, 1.54) is 19.3 Å². The van der Waals surface area contributed by atoms with E-state index in [4.69, 9.17) is 13.3 Å². The third kappa shape index (κ3) is 5.73. The quantitative estimate of drug-likeness (QED) is 0.407. The van der Waals surface area contributed by atoms with Gasteiger partial charge in [-0.3, -0.25) is 4.79 Å². The van der Waals surface area contributed by atoms with Gasteiger partial charge in [-0.2, -0.15) is 0 Å². The summed E-state index contributed by atoms with van der Waals surface area (Å²) in [6.07, 6.45) is 7.07.